The lowest BCUT2D eigenvalue weighted by atomic mass is 9.88. The van der Waals surface area contributed by atoms with Crippen molar-refractivity contribution < 1.29 is 5.11 Å². The number of phenols is 1. The number of nitrogens with zero attached hydrogens (tertiary/aromatic N) is 4. The van der Waals surface area contributed by atoms with Crippen LogP contribution in [0.25, 0.3) is 11.2 Å². The van der Waals surface area contributed by atoms with Crippen LogP contribution in [0.5, 0.6) is 5.75 Å². The molecule has 0 amide bonds. The molecule has 0 unspecified atom stereocenters. The first-order chi connectivity index (χ1) is 13.4. The third-order valence-corrected chi connectivity index (χ3v) is 5.07. The van der Waals surface area contributed by atoms with E-state index in [0.29, 0.717) is 29.9 Å². The number of nitrogen functional groups attached to an aromatic ring is 1. The number of benzene rings is 1. The number of fused-ring (bicyclic) bond motifs is 1. The Hall–Kier alpha value is -2.72. The van der Waals surface area contributed by atoms with Crippen molar-refractivity contribution in [2.24, 2.45) is 5.41 Å². The first kappa shape index (κ1) is 21.6. The molecule has 0 spiro atoms. The Balaban J connectivity index is 0.00000136. The van der Waals surface area contributed by atoms with Crippen LogP contribution in [0.1, 0.15) is 40.5 Å². The number of terminal acetylenes is 1. The molecule has 0 radical (unpaired) electrons. The number of hydrogen-bond acceptors (Lipinski definition) is 6. The van der Waals surface area contributed by atoms with E-state index in [9.17, 15) is 5.11 Å². The summed E-state index contributed by atoms with van der Waals surface area (Å²) in [5, 5.41) is 10.5. The lowest BCUT2D eigenvalue weighted by Crippen LogP contribution is -2.20. The van der Waals surface area contributed by atoms with Crippen molar-refractivity contribution in [3.8, 4) is 18.1 Å². The highest BCUT2D eigenvalue weighted by molar-refractivity contribution is 7.99. The molecule has 3 rings (SSSR count). The van der Waals surface area contributed by atoms with Crippen LogP contribution in [0.2, 0.25) is 0 Å². The number of rotatable bonds is 6. The van der Waals surface area contributed by atoms with E-state index >= 15 is 0 Å². The quantitative estimate of drug-likeness (QED) is 0.584. The molecule has 3 N–H and O–H groups in total. The summed E-state index contributed by atoms with van der Waals surface area (Å²) in [5.74, 6) is 3.28. The predicted octanol–water partition coefficient (Wildman–Crippen LogP) is 4.73. The molecule has 0 aliphatic carbocycles. The van der Waals surface area contributed by atoms with Crippen LogP contribution in [-0.2, 0) is 6.54 Å². The Morgan fingerprint density at radius 1 is 1.29 bits per heavy atom. The van der Waals surface area contributed by atoms with Gasteiger partial charge in [-0.3, -0.25) is 0 Å². The van der Waals surface area contributed by atoms with Crippen LogP contribution in [0.3, 0.4) is 0 Å². The second kappa shape index (κ2) is 9.47. The maximum absolute atomic E-state index is 9.73. The van der Waals surface area contributed by atoms with Gasteiger partial charge in [-0.15, -0.1) is 12.3 Å². The highest BCUT2D eigenvalue weighted by Gasteiger charge is 2.23. The monoisotopic (exact) mass is 397 g/mol. The average Bonchev–Trinajstić information content (AvgIpc) is 3.00. The molecule has 1 aromatic carbocycles. The molecule has 0 atom stereocenters. The Morgan fingerprint density at radius 3 is 2.71 bits per heavy atom. The van der Waals surface area contributed by atoms with Gasteiger partial charge in [0.1, 0.15) is 12.1 Å². The SMILES string of the molecule is C#CCCC(C)(C)Cn1c(Sc2cccc(O)c2)nc2c(N)ncnc21.CC. The van der Waals surface area contributed by atoms with Gasteiger partial charge in [0.25, 0.3) is 0 Å². The zero-order valence-electron chi connectivity index (χ0n) is 16.8. The second-order valence-corrected chi connectivity index (χ2v) is 7.92. The molecular weight excluding hydrogens is 370 g/mol. The van der Waals surface area contributed by atoms with Gasteiger partial charge in [0, 0.05) is 17.9 Å². The average molecular weight is 398 g/mol. The molecule has 2 aromatic heterocycles. The number of aromatic hydroxyl groups is 1. The fourth-order valence-electron chi connectivity index (χ4n) is 2.72. The van der Waals surface area contributed by atoms with Gasteiger partial charge in [-0.05, 0) is 30.0 Å². The van der Waals surface area contributed by atoms with Crippen molar-refractivity contribution in [2.75, 3.05) is 5.73 Å². The normalized spacial score (nSPS) is 11.0. The number of hydrogen-bond donors (Lipinski definition) is 2. The Kier molecular flexibility index (Phi) is 7.30. The number of imidazole rings is 1. The van der Waals surface area contributed by atoms with Gasteiger partial charge in [-0.1, -0.05) is 45.5 Å². The Morgan fingerprint density at radius 2 is 2.04 bits per heavy atom. The van der Waals surface area contributed by atoms with E-state index in [-0.39, 0.29) is 11.2 Å². The maximum atomic E-state index is 9.73. The first-order valence-corrected chi connectivity index (χ1v) is 10.1. The van der Waals surface area contributed by atoms with Crippen molar-refractivity contribution in [1.82, 2.24) is 19.5 Å². The van der Waals surface area contributed by atoms with Crippen LogP contribution in [-0.4, -0.2) is 24.6 Å². The summed E-state index contributed by atoms with van der Waals surface area (Å²) in [7, 11) is 0. The van der Waals surface area contributed by atoms with Gasteiger partial charge < -0.3 is 15.4 Å². The second-order valence-electron chi connectivity index (χ2n) is 6.88. The van der Waals surface area contributed by atoms with Gasteiger partial charge in [0.2, 0.25) is 0 Å². The molecule has 0 bridgehead atoms. The third kappa shape index (κ3) is 5.17. The topological polar surface area (TPSA) is 89.8 Å². The molecule has 28 heavy (non-hydrogen) atoms. The number of nitrogens with two attached hydrogens (primary N) is 1. The van der Waals surface area contributed by atoms with Gasteiger partial charge in [0.05, 0.1) is 0 Å². The fraction of sp³-hybridized carbons (Fsp3) is 0.381. The number of anilines is 1. The van der Waals surface area contributed by atoms with Crippen LogP contribution < -0.4 is 5.73 Å². The highest BCUT2D eigenvalue weighted by atomic mass is 32.2. The minimum Gasteiger partial charge on any atom is -0.508 e. The van der Waals surface area contributed by atoms with E-state index in [0.717, 1.165) is 16.5 Å². The van der Waals surface area contributed by atoms with Crippen LogP contribution in [0.4, 0.5) is 5.82 Å². The summed E-state index contributed by atoms with van der Waals surface area (Å²) in [5.41, 5.74) is 7.25. The third-order valence-electron chi connectivity index (χ3n) is 4.08. The lowest BCUT2D eigenvalue weighted by molar-refractivity contribution is 0.280. The Bertz CT molecular complexity index is 975. The van der Waals surface area contributed by atoms with Crippen molar-refractivity contribution in [1.29, 1.82) is 0 Å². The summed E-state index contributed by atoms with van der Waals surface area (Å²) in [6.07, 6.45) is 8.49. The standard InChI is InChI=1S/C19H21N5OS.C2H6/c1-4-5-9-19(2,3)11-24-17-15(16(20)21-12-22-17)23-18(24)26-14-8-6-7-13(25)10-14;1-2/h1,6-8,10,12,25H,5,9,11H2,2-3H3,(H2,20,21,22);1-2H3. The zero-order chi connectivity index (χ0) is 20.7. The van der Waals surface area contributed by atoms with Crippen molar-refractivity contribution in [3.05, 3.63) is 30.6 Å². The van der Waals surface area contributed by atoms with Crippen LogP contribution in [0.15, 0.2) is 40.6 Å². The molecule has 0 saturated heterocycles. The van der Waals surface area contributed by atoms with E-state index in [4.69, 9.17) is 12.2 Å². The summed E-state index contributed by atoms with van der Waals surface area (Å²) < 4.78 is 2.05. The molecule has 2 heterocycles. The summed E-state index contributed by atoms with van der Waals surface area (Å²) in [4.78, 5) is 14.0. The number of aromatic nitrogens is 4. The summed E-state index contributed by atoms with van der Waals surface area (Å²) in [6, 6.07) is 7.06. The van der Waals surface area contributed by atoms with Crippen molar-refractivity contribution in [3.63, 3.8) is 0 Å². The summed E-state index contributed by atoms with van der Waals surface area (Å²) in [6.45, 7) is 9.04. The van der Waals surface area contributed by atoms with E-state index in [2.05, 4.69) is 39.3 Å². The van der Waals surface area contributed by atoms with E-state index in [1.54, 1.807) is 18.2 Å². The van der Waals surface area contributed by atoms with Gasteiger partial charge >= 0.3 is 0 Å². The molecular formula is C21H27N5OS. The molecule has 6 nitrogen and oxygen atoms in total. The van der Waals surface area contributed by atoms with E-state index in [1.807, 2.05) is 19.9 Å². The van der Waals surface area contributed by atoms with Crippen molar-refractivity contribution in [2.45, 2.75) is 57.1 Å². The maximum Gasteiger partial charge on any atom is 0.175 e. The first-order valence-electron chi connectivity index (χ1n) is 9.27. The van der Waals surface area contributed by atoms with E-state index in [1.165, 1.54) is 18.1 Å². The van der Waals surface area contributed by atoms with Crippen LogP contribution in [0, 0.1) is 17.8 Å². The Labute approximate surface area is 170 Å². The van der Waals surface area contributed by atoms with Gasteiger partial charge in [-0.25, -0.2) is 15.0 Å². The van der Waals surface area contributed by atoms with Crippen LogP contribution >= 0.6 is 11.8 Å². The zero-order valence-corrected chi connectivity index (χ0v) is 17.6. The molecule has 7 heteroatoms. The number of phenolic OH excluding ortho intramolecular Hbond substituents is 1. The minimum atomic E-state index is -0.0339. The largest absolute Gasteiger partial charge is 0.508 e. The molecule has 0 saturated carbocycles. The lowest BCUT2D eigenvalue weighted by Gasteiger charge is -2.25. The van der Waals surface area contributed by atoms with E-state index < -0.39 is 0 Å². The molecule has 0 aliphatic heterocycles. The summed E-state index contributed by atoms with van der Waals surface area (Å²) >= 11 is 1.46. The molecule has 148 valence electrons. The van der Waals surface area contributed by atoms with Gasteiger partial charge in [-0.2, -0.15) is 0 Å². The molecule has 0 fully saturated rings. The highest BCUT2D eigenvalue weighted by Crippen LogP contribution is 2.35. The molecule has 0 aliphatic rings. The van der Waals surface area contributed by atoms with Gasteiger partial charge in [0.15, 0.2) is 22.1 Å². The fourth-order valence-corrected chi connectivity index (χ4v) is 3.66. The smallest absolute Gasteiger partial charge is 0.175 e. The molecule has 3 aromatic rings. The predicted molar refractivity (Wildman–Crippen MR) is 115 cm³/mol. The van der Waals surface area contributed by atoms with Crippen molar-refractivity contribution >= 4 is 28.7 Å². The minimum absolute atomic E-state index is 0.0339.